The van der Waals surface area contributed by atoms with Crippen molar-refractivity contribution in [3.05, 3.63) is 59.7 Å². The van der Waals surface area contributed by atoms with Crippen LogP contribution in [0, 0.1) is 0 Å². The molecule has 0 bridgehead atoms. The SMILES string of the molecule is CNC(=O)c1ccccc1NC(=O)c1cccc(N2CCCS2(=O)=O)c1. The zero-order valence-electron chi connectivity index (χ0n) is 14.2. The monoisotopic (exact) mass is 373 g/mol. The first kappa shape index (κ1) is 17.9. The summed E-state index contributed by atoms with van der Waals surface area (Å²) in [5, 5.41) is 5.24. The van der Waals surface area contributed by atoms with Crippen LogP contribution in [0.15, 0.2) is 48.5 Å². The molecule has 1 aliphatic heterocycles. The van der Waals surface area contributed by atoms with Crippen molar-refractivity contribution in [3.8, 4) is 0 Å². The van der Waals surface area contributed by atoms with Crippen LogP contribution in [0.5, 0.6) is 0 Å². The van der Waals surface area contributed by atoms with E-state index >= 15 is 0 Å². The van der Waals surface area contributed by atoms with Crippen molar-refractivity contribution in [1.29, 1.82) is 0 Å². The van der Waals surface area contributed by atoms with Crippen LogP contribution in [0.1, 0.15) is 27.1 Å². The van der Waals surface area contributed by atoms with Crippen molar-refractivity contribution in [2.24, 2.45) is 0 Å². The van der Waals surface area contributed by atoms with Crippen molar-refractivity contribution < 1.29 is 18.0 Å². The van der Waals surface area contributed by atoms with E-state index in [1.54, 1.807) is 48.5 Å². The van der Waals surface area contributed by atoms with Crippen LogP contribution < -0.4 is 14.9 Å². The number of hydrogen-bond acceptors (Lipinski definition) is 4. The highest BCUT2D eigenvalue weighted by Gasteiger charge is 2.28. The molecule has 7 nitrogen and oxygen atoms in total. The van der Waals surface area contributed by atoms with E-state index in [4.69, 9.17) is 0 Å². The van der Waals surface area contributed by atoms with Gasteiger partial charge in [-0.1, -0.05) is 18.2 Å². The summed E-state index contributed by atoms with van der Waals surface area (Å²) >= 11 is 0. The number of anilines is 2. The van der Waals surface area contributed by atoms with Gasteiger partial charge in [-0.25, -0.2) is 8.42 Å². The van der Waals surface area contributed by atoms with Crippen LogP contribution in [0.3, 0.4) is 0 Å². The molecule has 0 unspecified atom stereocenters. The van der Waals surface area contributed by atoms with Crippen molar-refractivity contribution in [3.63, 3.8) is 0 Å². The Hall–Kier alpha value is -2.87. The highest BCUT2D eigenvalue weighted by molar-refractivity contribution is 7.93. The fraction of sp³-hybridized carbons (Fsp3) is 0.222. The Morgan fingerprint density at radius 3 is 2.50 bits per heavy atom. The largest absolute Gasteiger partial charge is 0.355 e. The van der Waals surface area contributed by atoms with Crippen molar-refractivity contribution >= 4 is 33.2 Å². The van der Waals surface area contributed by atoms with Crippen molar-refractivity contribution in [2.75, 3.05) is 29.0 Å². The van der Waals surface area contributed by atoms with Crippen LogP contribution in [-0.4, -0.2) is 39.6 Å². The van der Waals surface area contributed by atoms with Gasteiger partial charge < -0.3 is 10.6 Å². The summed E-state index contributed by atoms with van der Waals surface area (Å²) in [6.07, 6.45) is 0.568. The Kier molecular flexibility index (Phi) is 4.94. The van der Waals surface area contributed by atoms with Gasteiger partial charge in [0.1, 0.15) is 0 Å². The molecule has 2 aromatic carbocycles. The standard InChI is InChI=1S/C18H19N3O4S/c1-19-18(23)15-8-2-3-9-16(15)20-17(22)13-6-4-7-14(12-13)21-10-5-11-26(21,24)25/h2-4,6-9,12H,5,10-11H2,1H3,(H,19,23)(H,20,22). The average molecular weight is 373 g/mol. The molecule has 1 fully saturated rings. The summed E-state index contributed by atoms with van der Waals surface area (Å²) in [6.45, 7) is 0.410. The van der Waals surface area contributed by atoms with Crippen LogP contribution in [0.2, 0.25) is 0 Å². The third-order valence-electron chi connectivity index (χ3n) is 4.14. The van der Waals surface area contributed by atoms with Gasteiger partial charge in [0.2, 0.25) is 10.0 Å². The van der Waals surface area contributed by atoms with Gasteiger partial charge in [0.25, 0.3) is 11.8 Å². The molecule has 1 aliphatic rings. The highest BCUT2D eigenvalue weighted by Crippen LogP contribution is 2.25. The summed E-state index contributed by atoms with van der Waals surface area (Å²) in [4.78, 5) is 24.5. The lowest BCUT2D eigenvalue weighted by Crippen LogP contribution is -2.25. The summed E-state index contributed by atoms with van der Waals surface area (Å²) in [7, 11) is -1.80. The molecule has 3 rings (SSSR count). The number of sulfonamides is 1. The lowest BCUT2D eigenvalue weighted by Gasteiger charge is -2.17. The molecule has 1 heterocycles. The van der Waals surface area contributed by atoms with Gasteiger partial charge in [0.15, 0.2) is 0 Å². The first-order valence-electron chi connectivity index (χ1n) is 8.15. The van der Waals surface area contributed by atoms with E-state index in [1.807, 2.05) is 0 Å². The van der Waals surface area contributed by atoms with Gasteiger partial charge in [0.05, 0.1) is 22.7 Å². The maximum absolute atomic E-state index is 12.6. The number of para-hydroxylation sites is 1. The van der Waals surface area contributed by atoms with Crippen molar-refractivity contribution in [1.82, 2.24) is 5.32 Å². The lowest BCUT2D eigenvalue weighted by atomic mass is 10.1. The van der Waals surface area contributed by atoms with Gasteiger partial charge in [-0.2, -0.15) is 0 Å². The minimum atomic E-state index is -3.31. The highest BCUT2D eigenvalue weighted by atomic mass is 32.2. The minimum absolute atomic E-state index is 0.114. The first-order valence-corrected chi connectivity index (χ1v) is 9.76. The van der Waals surface area contributed by atoms with E-state index in [0.29, 0.717) is 35.5 Å². The molecule has 0 spiro atoms. The second-order valence-corrected chi connectivity index (χ2v) is 7.88. The second kappa shape index (κ2) is 7.17. The molecule has 1 saturated heterocycles. The van der Waals surface area contributed by atoms with Gasteiger partial charge in [-0.05, 0) is 36.8 Å². The van der Waals surface area contributed by atoms with Crippen LogP contribution in [-0.2, 0) is 10.0 Å². The number of carbonyl (C=O) groups excluding carboxylic acids is 2. The van der Waals surface area contributed by atoms with E-state index < -0.39 is 15.9 Å². The van der Waals surface area contributed by atoms with Crippen molar-refractivity contribution in [2.45, 2.75) is 6.42 Å². The third-order valence-corrected chi connectivity index (χ3v) is 6.01. The van der Waals surface area contributed by atoms with E-state index in [2.05, 4.69) is 10.6 Å². The fourth-order valence-electron chi connectivity index (χ4n) is 2.85. The number of rotatable bonds is 4. The maximum Gasteiger partial charge on any atom is 0.255 e. The Balaban J connectivity index is 1.86. The van der Waals surface area contributed by atoms with Crippen LogP contribution in [0.25, 0.3) is 0 Å². The molecule has 0 saturated carbocycles. The van der Waals surface area contributed by atoms with E-state index in [-0.39, 0.29) is 11.7 Å². The van der Waals surface area contributed by atoms with Gasteiger partial charge >= 0.3 is 0 Å². The van der Waals surface area contributed by atoms with E-state index in [1.165, 1.54) is 11.4 Å². The van der Waals surface area contributed by atoms with E-state index in [0.717, 1.165) is 0 Å². The molecule has 0 aliphatic carbocycles. The summed E-state index contributed by atoms with van der Waals surface area (Å²) in [5.74, 6) is -0.610. The smallest absolute Gasteiger partial charge is 0.255 e. The number of carbonyl (C=O) groups is 2. The number of nitrogens with one attached hydrogen (secondary N) is 2. The normalized spacial score (nSPS) is 15.5. The molecule has 2 amide bonds. The molecular formula is C18H19N3O4S. The molecule has 0 atom stereocenters. The predicted octanol–water partition coefficient (Wildman–Crippen LogP) is 1.84. The summed E-state index contributed by atoms with van der Waals surface area (Å²) in [5.41, 5.74) is 1.52. The molecule has 2 aromatic rings. The lowest BCUT2D eigenvalue weighted by molar-refractivity contribution is 0.0964. The Bertz CT molecular complexity index is 956. The maximum atomic E-state index is 12.6. The third kappa shape index (κ3) is 3.55. The second-order valence-electron chi connectivity index (χ2n) is 5.87. The van der Waals surface area contributed by atoms with E-state index in [9.17, 15) is 18.0 Å². The molecule has 136 valence electrons. The molecular weight excluding hydrogens is 354 g/mol. The Morgan fingerprint density at radius 1 is 1.04 bits per heavy atom. The molecule has 0 radical (unpaired) electrons. The van der Waals surface area contributed by atoms with Crippen LogP contribution in [0.4, 0.5) is 11.4 Å². The minimum Gasteiger partial charge on any atom is -0.355 e. The number of nitrogens with zero attached hydrogens (tertiary/aromatic N) is 1. The van der Waals surface area contributed by atoms with Crippen LogP contribution >= 0.6 is 0 Å². The molecule has 26 heavy (non-hydrogen) atoms. The Labute approximate surface area is 152 Å². The molecule has 0 aromatic heterocycles. The molecule has 2 N–H and O–H groups in total. The van der Waals surface area contributed by atoms with Gasteiger partial charge in [-0.15, -0.1) is 0 Å². The fourth-order valence-corrected chi connectivity index (χ4v) is 4.41. The zero-order valence-corrected chi connectivity index (χ0v) is 15.0. The predicted molar refractivity (Wildman–Crippen MR) is 100.0 cm³/mol. The number of hydrogen-bond donors (Lipinski definition) is 2. The van der Waals surface area contributed by atoms with Gasteiger partial charge in [0, 0.05) is 19.2 Å². The number of amides is 2. The average Bonchev–Trinajstić information content (AvgIpc) is 3.00. The quantitative estimate of drug-likeness (QED) is 0.855. The molecule has 8 heteroatoms. The zero-order chi connectivity index (χ0) is 18.7. The topological polar surface area (TPSA) is 95.6 Å². The first-order chi connectivity index (χ1) is 12.4. The van der Waals surface area contributed by atoms with Gasteiger partial charge in [-0.3, -0.25) is 13.9 Å². The Morgan fingerprint density at radius 2 is 1.81 bits per heavy atom. The summed E-state index contributed by atoms with van der Waals surface area (Å²) in [6, 6.07) is 13.1. The number of benzene rings is 2. The summed E-state index contributed by atoms with van der Waals surface area (Å²) < 4.78 is 25.5.